The average molecular weight is 351 g/mol. The molecule has 0 aromatic carbocycles. The highest BCUT2D eigenvalue weighted by Crippen LogP contribution is 2.24. The number of furan rings is 1. The van der Waals surface area contributed by atoms with E-state index in [0.29, 0.717) is 6.54 Å². The van der Waals surface area contributed by atoms with Crippen LogP contribution in [-0.2, 0) is 14.4 Å². The maximum atomic E-state index is 12.1. The molecule has 0 bridgehead atoms. The predicted molar refractivity (Wildman–Crippen MR) is 89.3 cm³/mol. The molecule has 2 fully saturated rings. The van der Waals surface area contributed by atoms with E-state index in [4.69, 9.17) is 4.42 Å². The van der Waals surface area contributed by atoms with Crippen LogP contribution in [0.3, 0.4) is 0 Å². The number of imide groups is 1. The van der Waals surface area contributed by atoms with E-state index in [9.17, 15) is 14.4 Å². The third kappa shape index (κ3) is 3.99. The maximum Gasteiger partial charge on any atom is 0.240 e. The van der Waals surface area contributed by atoms with Gasteiger partial charge in [0.2, 0.25) is 17.7 Å². The lowest BCUT2D eigenvalue weighted by atomic mass is 10.2. The van der Waals surface area contributed by atoms with Crippen LogP contribution in [0.5, 0.6) is 0 Å². The van der Waals surface area contributed by atoms with Crippen molar-refractivity contribution in [1.29, 1.82) is 0 Å². The molecule has 3 amide bonds. The summed E-state index contributed by atoms with van der Waals surface area (Å²) < 4.78 is 5.53. The number of carbonyl (C=O) groups is 3. The van der Waals surface area contributed by atoms with Crippen molar-refractivity contribution in [3.05, 3.63) is 24.2 Å². The van der Waals surface area contributed by atoms with Gasteiger partial charge in [0.05, 0.1) is 12.3 Å². The summed E-state index contributed by atoms with van der Waals surface area (Å²) in [6.07, 6.45) is 2.03. The van der Waals surface area contributed by atoms with E-state index in [1.165, 1.54) is 0 Å². The van der Waals surface area contributed by atoms with Gasteiger partial charge in [-0.3, -0.25) is 24.2 Å². The SMILES string of the molecule is O=C(CN1C(=O)CCC1=O)NC[C@@H](c1ccco1)N1CCSCC1. The molecule has 2 aliphatic rings. The molecule has 2 aliphatic heterocycles. The van der Waals surface area contributed by atoms with E-state index in [2.05, 4.69) is 10.2 Å². The number of thioether (sulfide) groups is 1. The van der Waals surface area contributed by atoms with Gasteiger partial charge in [-0.2, -0.15) is 11.8 Å². The van der Waals surface area contributed by atoms with Crippen molar-refractivity contribution in [3.63, 3.8) is 0 Å². The first kappa shape index (κ1) is 17.0. The highest BCUT2D eigenvalue weighted by molar-refractivity contribution is 7.99. The van der Waals surface area contributed by atoms with E-state index in [1.807, 2.05) is 23.9 Å². The van der Waals surface area contributed by atoms with Crippen molar-refractivity contribution in [1.82, 2.24) is 15.1 Å². The van der Waals surface area contributed by atoms with Crippen molar-refractivity contribution in [2.24, 2.45) is 0 Å². The molecule has 0 radical (unpaired) electrons. The van der Waals surface area contributed by atoms with Crippen LogP contribution in [0.1, 0.15) is 24.6 Å². The molecule has 1 atom stereocenters. The fourth-order valence-electron chi connectivity index (χ4n) is 2.99. The summed E-state index contributed by atoms with van der Waals surface area (Å²) in [5.41, 5.74) is 0. The summed E-state index contributed by atoms with van der Waals surface area (Å²) in [6, 6.07) is 3.71. The summed E-state index contributed by atoms with van der Waals surface area (Å²) in [5.74, 6) is 2.07. The Balaban J connectivity index is 1.57. The van der Waals surface area contributed by atoms with Gasteiger partial charge in [0.15, 0.2) is 0 Å². The minimum absolute atomic E-state index is 0.0326. The first-order valence-electron chi connectivity index (χ1n) is 8.10. The Morgan fingerprint density at radius 2 is 1.96 bits per heavy atom. The van der Waals surface area contributed by atoms with Crippen molar-refractivity contribution >= 4 is 29.5 Å². The van der Waals surface area contributed by atoms with E-state index < -0.39 is 0 Å². The minimum atomic E-state index is -0.318. The van der Waals surface area contributed by atoms with Gasteiger partial charge in [-0.05, 0) is 12.1 Å². The Kier molecular flexibility index (Phi) is 5.57. The quantitative estimate of drug-likeness (QED) is 0.757. The van der Waals surface area contributed by atoms with Gasteiger partial charge >= 0.3 is 0 Å². The number of amides is 3. The second kappa shape index (κ2) is 7.85. The first-order valence-corrected chi connectivity index (χ1v) is 9.25. The number of likely N-dealkylation sites (tertiary alicyclic amines) is 1. The van der Waals surface area contributed by atoms with Crippen LogP contribution < -0.4 is 5.32 Å². The molecule has 0 spiro atoms. The third-order valence-electron chi connectivity index (χ3n) is 4.31. The molecule has 24 heavy (non-hydrogen) atoms. The third-order valence-corrected chi connectivity index (χ3v) is 5.25. The lowest BCUT2D eigenvalue weighted by Crippen LogP contribution is -2.45. The second-order valence-electron chi connectivity index (χ2n) is 5.86. The summed E-state index contributed by atoms with van der Waals surface area (Å²) in [7, 11) is 0. The van der Waals surface area contributed by atoms with Crippen LogP contribution in [0.15, 0.2) is 22.8 Å². The van der Waals surface area contributed by atoms with E-state index in [0.717, 1.165) is 35.3 Å². The summed E-state index contributed by atoms with van der Waals surface area (Å²) >= 11 is 1.92. The topological polar surface area (TPSA) is 82.9 Å². The summed E-state index contributed by atoms with van der Waals surface area (Å²) in [4.78, 5) is 38.7. The first-order chi connectivity index (χ1) is 11.6. The molecule has 3 rings (SSSR count). The molecule has 0 aliphatic carbocycles. The normalized spacial score (nSPS) is 20.4. The number of carbonyl (C=O) groups excluding carboxylic acids is 3. The second-order valence-corrected chi connectivity index (χ2v) is 7.08. The average Bonchev–Trinajstić information content (AvgIpc) is 3.22. The Morgan fingerprint density at radius 3 is 2.58 bits per heavy atom. The van der Waals surface area contributed by atoms with Crippen LogP contribution in [-0.4, -0.2) is 65.2 Å². The Labute approximate surface area is 144 Å². The number of nitrogens with zero attached hydrogens (tertiary/aromatic N) is 2. The zero-order valence-corrected chi connectivity index (χ0v) is 14.2. The van der Waals surface area contributed by atoms with Crippen molar-refractivity contribution in [2.45, 2.75) is 18.9 Å². The van der Waals surface area contributed by atoms with E-state index in [1.54, 1.807) is 6.26 Å². The molecule has 0 saturated carbocycles. The summed E-state index contributed by atoms with van der Waals surface area (Å²) in [5, 5.41) is 2.84. The fourth-order valence-corrected chi connectivity index (χ4v) is 3.92. The van der Waals surface area contributed by atoms with Crippen molar-refractivity contribution < 1.29 is 18.8 Å². The lowest BCUT2D eigenvalue weighted by Gasteiger charge is -2.33. The Morgan fingerprint density at radius 1 is 1.25 bits per heavy atom. The number of nitrogens with one attached hydrogen (secondary N) is 1. The minimum Gasteiger partial charge on any atom is -0.468 e. The molecule has 7 nitrogen and oxygen atoms in total. The molecule has 1 aromatic rings. The smallest absolute Gasteiger partial charge is 0.240 e. The monoisotopic (exact) mass is 351 g/mol. The van der Waals surface area contributed by atoms with Crippen LogP contribution in [0.25, 0.3) is 0 Å². The number of hydrogen-bond donors (Lipinski definition) is 1. The summed E-state index contributed by atoms with van der Waals surface area (Å²) in [6.45, 7) is 2.08. The molecular weight excluding hydrogens is 330 g/mol. The van der Waals surface area contributed by atoms with Gasteiger partial charge in [-0.15, -0.1) is 0 Å². The van der Waals surface area contributed by atoms with E-state index >= 15 is 0 Å². The van der Waals surface area contributed by atoms with Crippen LogP contribution >= 0.6 is 11.8 Å². The van der Waals surface area contributed by atoms with E-state index in [-0.39, 0.29) is 43.1 Å². The molecule has 3 heterocycles. The maximum absolute atomic E-state index is 12.1. The lowest BCUT2D eigenvalue weighted by molar-refractivity contribution is -0.142. The van der Waals surface area contributed by atoms with Crippen molar-refractivity contribution in [2.75, 3.05) is 37.7 Å². The van der Waals surface area contributed by atoms with Crippen LogP contribution in [0, 0.1) is 0 Å². The standard InChI is InChI=1S/C16H21N3O4S/c20-14(11-19-15(21)3-4-16(19)22)17-10-12(13-2-1-7-23-13)18-5-8-24-9-6-18/h1-2,7,12H,3-6,8-11H2,(H,17,20)/t12-/m0/s1. The zero-order valence-electron chi connectivity index (χ0n) is 13.4. The molecule has 1 N–H and O–H groups in total. The number of hydrogen-bond acceptors (Lipinski definition) is 6. The number of rotatable bonds is 6. The van der Waals surface area contributed by atoms with Gasteiger partial charge in [-0.25, -0.2) is 0 Å². The highest BCUT2D eigenvalue weighted by Gasteiger charge is 2.31. The predicted octanol–water partition coefficient (Wildman–Crippen LogP) is 0.635. The zero-order chi connectivity index (χ0) is 16.9. The largest absolute Gasteiger partial charge is 0.468 e. The highest BCUT2D eigenvalue weighted by atomic mass is 32.2. The molecule has 2 saturated heterocycles. The molecule has 1 aromatic heterocycles. The van der Waals surface area contributed by atoms with Gasteiger partial charge < -0.3 is 9.73 Å². The molecule has 0 unspecified atom stereocenters. The van der Waals surface area contributed by atoms with Crippen LogP contribution in [0.2, 0.25) is 0 Å². The van der Waals surface area contributed by atoms with Gasteiger partial charge in [-0.1, -0.05) is 0 Å². The van der Waals surface area contributed by atoms with Gasteiger partial charge in [0.1, 0.15) is 12.3 Å². The van der Waals surface area contributed by atoms with Crippen LogP contribution in [0.4, 0.5) is 0 Å². The Bertz CT molecular complexity index is 582. The molecule has 8 heteroatoms. The Hall–Kier alpha value is -1.80. The molecular formula is C16H21N3O4S. The van der Waals surface area contributed by atoms with Crippen molar-refractivity contribution in [3.8, 4) is 0 Å². The van der Waals surface area contributed by atoms with Gasteiger partial charge in [0, 0.05) is 44.0 Å². The van der Waals surface area contributed by atoms with Gasteiger partial charge in [0.25, 0.3) is 0 Å². The fraction of sp³-hybridized carbons (Fsp3) is 0.562. The molecule has 130 valence electrons.